The molecule has 1 nitrogen and oxygen atoms in total. The Balaban J connectivity index is 1.55. The van der Waals surface area contributed by atoms with Crippen LogP contribution in [0.25, 0.3) is 0 Å². The molecule has 3 rings (SSSR count). The van der Waals surface area contributed by atoms with Gasteiger partial charge in [0.15, 0.2) is 0 Å². The topological polar surface area (TPSA) is 12.0 Å². The van der Waals surface area contributed by atoms with Crippen LogP contribution in [0.15, 0.2) is 48.5 Å². The molecule has 110 valence electrons. The summed E-state index contributed by atoms with van der Waals surface area (Å²) in [6.45, 7) is 4.34. The summed E-state index contributed by atoms with van der Waals surface area (Å²) in [5.41, 5.74) is 4.04. The van der Waals surface area contributed by atoms with Gasteiger partial charge < -0.3 is 5.32 Å². The van der Waals surface area contributed by atoms with Gasteiger partial charge in [-0.2, -0.15) is 0 Å². The minimum Gasteiger partial charge on any atom is -0.307 e. The number of aryl methyl sites for hydroxylation is 1. The normalized spacial score (nSPS) is 22.6. The van der Waals surface area contributed by atoms with Crippen molar-refractivity contribution in [1.29, 1.82) is 0 Å². The number of hydrogen-bond donors (Lipinski definition) is 1. The van der Waals surface area contributed by atoms with Crippen LogP contribution in [0.5, 0.6) is 0 Å². The zero-order valence-electron chi connectivity index (χ0n) is 12.6. The van der Waals surface area contributed by atoms with Crippen LogP contribution in [0.2, 0.25) is 0 Å². The van der Waals surface area contributed by atoms with Crippen molar-refractivity contribution in [3.05, 3.63) is 71.0 Å². The zero-order chi connectivity index (χ0) is 14.8. The lowest BCUT2D eigenvalue weighted by atomic mass is 9.74. The highest BCUT2D eigenvalue weighted by molar-refractivity contribution is 5.31. The summed E-state index contributed by atoms with van der Waals surface area (Å²) < 4.78 is 12.9. The monoisotopic (exact) mass is 283 g/mol. The van der Waals surface area contributed by atoms with Gasteiger partial charge in [0.25, 0.3) is 0 Å². The van der Waals surface area contributed by atoms with E-state index in [1.807, 2.05) is 12.1 Å². The molecule has 0 amide bonds. The fourth-order valence-corrected chi connectivity index (χ4v) is 3.25. The lowest BCUT2D eigenvalue weighted by molar-refractivity contribution is 0.270. The molecule has 0 radical (unpaired) electrons. The van der Waals surface area contributed by atoms with Gasteiger partial charge in [0.2, 0.25) is 0 Å². The van der Waals surface area contributed by atoms with E-state index < -0.39 is 0 Å². The molecule has 1 fully saturated rings. The maximum atomic E-state index is 12.9. The Morgan fingerprint density at radius 3 is 2.38 bits per heavy atom. The second-order valence-corrected chi connectivity index (χ2v) is 6.16. The van der Waals surface area contributed by atoms with Gasteiger partial charge >= 0.3 is 0 Å². The zero-order valence-corrected chi connectivity index (χ0v) is 12.6. The van der Waals surface area contributed by atoms with Crippen LogP contribution in [-0.4, -0.2) is 6.04 Å². The van der Waals surface area contributed by atoms with Crippen LogP contribution in [0.1, 0.15) is 48.4 Å². The first-order chi connectivity index (χ1) is 10.1. The van der Waals surface area contributed by atoms with Gasteiger partial charge in [-0.3, -0.25) is 0 Å². The number of halogens is 1. The van der Waals surface area contributed by atoms with E-state index in [2.05, 4.69) is 43.4 Å². The second kappa shape index (κ2) is 5.98. The maximum Gasteiger partial charge on any atom is 0.123 e. The molecule has 1 aliphatic rings. The Bertz CT molecular complexity index is 599. The number of hydrogen-bond acceptors (Lipinski definition) is 1. The van der Waals surface area contributed by atoms with Gasteiger partial charge in [-0.25, -0.2) is 4.39 Å². The molecule has 1 N–H and O–H groups in total. The average molecular weight is 283 g/mol. The quantitative estimate of drug-likeness (QED) is 0.855. The van der Waals surface area contributed by atoms with Crippen molar-refractivity contribution in [2.45, 2.75) is 44.7 Å². The molecule has 1 atom stereocenters. The van der Waals surface area contributed by atoms with Crippen LogP contribution < -0.4 is 5.32 Å². The third-order valence-electron chi connectivity index (χ3n) is 4.62. The summed E-state index contributed by atoms with van der Waals surface area (Å²) >= 11 is 0. The Morgan fingerprint density at radius 1 is 1.05 bits per heavy atom. The van der Waals surface area contributed by atoms with E-state index in [-0.39, 0.29) is 11.9 Å². The highest BCUT2D eigenvalue weighted by Gasteiger charge is 2.31. The number of nitrogens with one attached hydrogen (secondary N) is 1. The summed E-state index contributed by atoms with van der Waals surface area (Å²) in [7, 11) is 0. The predicted octanol–water partition coefficient (Wildman–Crippen LogP) is 4.73. The van der Waals surface area contributed by atoms with E-state index in [0.717, 1.165) is 5.56 Å². The van der Waals surface area contributed by atoms with Crippen molar-refractivity contribution in [2.24, 2.45) is 0 Å². The van der Waals surface area contributed by atoms with Crippen molar-refractivity contribution >= 4 is 0 Å². The van der Waals surface area contributed by atoms with E-state index >= 15 is 0 Å². The molecule has 1 saturated carbocycles. The minimum atomic E-state index is -0.172. The Morgan fingerprint density at radius 2 is 1.71 bits per heavy atom. The Kier molecular flexibility index (Phi) is 4.07. The highest BCUT2D eigenvalue weighted by atomic mass is 19.1. The van der Waals surface area contributed by atoms with Crippen molar-refractivity contribution in [3.8, 4) is 0 Å². The average Bonchev–Trinajstić information content (AvgIpc) is 2.44. The molecule has 0 saturated heterocycles. The molecule has 0 aromatic heterocycles. The number of rotatable bonds is 4. The molecule has 2 aromatic rings. The van der Waals surface area contributed by atoms with Crippen molar-refractivity contribution in [3.63, 3.8) is 0 Å². The first-order valence-corrected chi connectivity index (χ1v) is 7.70. The van der Waals surface area contributed by atoms with E-state index in [4.69, 9.17) is 0 Å². The summed E-state index contributed by atoms with van der Waals surface area (Å²) in [6, 6.07) is 16.3. The SMILES string of the molecule is Cc1ccccc1C1CC(NC(C)c2ccc(F)cc2)C1. The first kappa shape index (κ1) is 14.3. The fourth-order valence-electron chi connectivity index (χ4n) is 3.25. The Labute approximate surface area is 126 Å². The van der Waals surface area contributed by atoms with Crippen LogP contribution in [0.4, 0.5) is 4.39 Å². The van der Waals surface area contributed by atoms with E-state index in [9.17, 15) is 4.39 Å². The number of benzene rings is 2. The highest BCUT2D eigenvalue weighted by Crippen LogP contribution is 2.39. The molecule has 0 aliphatic heterocycles. The van der Waals surface area contributed by atoms with Gasteiger partial charge in [0, 0.05) is 12.1 Å². The summed E-state index contributed by atoms with van der Waals surface area (Å²) in [6.07, 6.45) is 2.38. The van der Waals surface area contributed by atoms with Gasteiger partial charge in [-0.15, -0.1) is 0 Å². The summed E-state index contributed by atoms with van der Waals surface area (Å²) in [5.74, 6) is 0.512. The molecular formula is C19H22FN. The van der Waals surface area contributed by atoms with Gasteiger partial charge in [-0.05, 0) is 61.4 Å². The molecule has 0 spiro atoms. The summed E-state index contributed by atoms with van der Waals surface area (Å²) in [5, 5.41) is 3.65. The van der Waals surface area contributed by atoms with Crippen LogP contribution in [0.3, 0.4) is 0 Å². The molecule has 0 bridgehead atoms. The molecule has 2 aromatic carbocycles. The largest absolute Gasteiger partial charge is 0.307 e. The van der Waals surface area contributed by atoms with Crippen molar-refractivity contribution in [1.82, 2.24) is 5.32 Å². The van der Waals surface area contributed by atoms with Gasteiger partial charge in [-0.1, -0.05) is 36.4 Å². The molecule has 1 aliphatic carbocycles. The maximum absolute atomic E-state index is 12.9. The standard InChI is InChI=1S/C19H22FN/c1-13-5-3-4-6-19(13)16-11-18(12-16)21-14(2)15-7-9-17(20)10-8-15/h3-10,14,16,18,21H,11-12H2,1-2H3. The molecule has 1 unspecified atom stereocenters. The predicted molar refractivity (Wildman–Crippen MR) is 84.9 cm³/mol. The van der Waals surface area contributed by atoms with Gasteiger partial charge in [0.05, 0.1) is 0 Å². The lowest BCUT2D eigenvalue weighted by Gasteiger charge is -2.39. The first-order valence-electron chi connectivity index (χ1n) is 7.70. The molecular weight excluding hydrogens is 261 g/mol. The lowest BCUT2D eigenvalue weighted by Crippen LogP contribution is -2.41. The third-order valence-corrected chi connectivity index (χ3v) is 4.62. The smallest absolute Gasteiger partial charge is 0.123 e. The molecule has 0 heterocycles. The molecule has 21 heavy (non-hydrogen) atoms. The minimum absolute atomic E-state index is 0.172. The Hall–Kier alpha value is -1.67. The fraction of sp³-hybridized carbons (Fsp3) is 0.368. The molecule has 2 heteroatoms. The van der Waals surface area contributed by atoms with Gasteiger partial charge in [0.1, 0.15) is 5.82 Å². The van der Waals surface area contributed by atoms with Crippen molar-refractivity contribution in [2.75, 3.05) is 0 Å². The van der Waals surface area contributed by atoms with E-state index in [1.54, 1.807) is 0 Å². The van der Waals surface area contributed by atoms with Crippen LogP contribution in [-0.2, 0) is 0 Å². The van der Waals surface area contributed by atoms with Crippen LogP contribution >= 0.6 is 0 Å². The van der Waals surface area contributed by atoms with Crippen molar-refractivity contribution < 1.29 is 4.39 Å². The van der Waals surface area contributed by atoms with Crippen LogP contribution in [0, 0.1) is 12.7 Å². The van der Waals surface area contributed by atoms with E-state index in [0.29, 0.717) is 12.0 Å². The van der Waals surface area contributed by atoms with E-state index in [1.165, 1.54) is 36.1 Å². The second-order valence-electron chi connectivity index (χ2n) is 6.16. The third kappa shape index (κ3) is 3.16. The summed E-state index contributed by atoms with van der Waals surface area (Å²) in [4.78, 5) is 0.